The van der Waals surface area contributed by atoms with Crippen LogP contribution >= 0.6 is 23.2 Å². The highest BCUT2D eigenvalue weighted by atomic mass is 35.5. The van der Waals surface area contributed by atoms with Crippen molar-refractivity contribution in [3.63, 3.8) is 0 Å². The van der Waals surface area contributed by atoms with E-state index in [0.29, 0.717) is 48.1 Å². The summed E-state index contributed by atoms with van der Waals surface area (Å²) in [6.45, 7) is 2.73. The number of piperidine rings is 1. The van der Waals surface area contributed by atoms with Crippen molar-refractivity contribution in [1.29, 1.82) is 0 Å². The molecule has 0 aromatic heterocycles. The summed E-state index contributed by atoms with van der Waals surface area (Å²) in [6.07, 6.45) is 2.53. The SMILES string of the molecule is CCCCS(=O)(=O)N1CCC(C(=O)Nc2cccc(Cl)c2Cl)CC1. The predicted octanol–water partition coefficient (Wildman–Crippen LogP) is 3.77. The van der Waals surface area contributed by atoms with Crippen molar-refractivity contribution in [3.8, 4) is 0 Å². The van der Waals surface area contributed by atoms with Crippen LogP contribution in [0.2, 0.25) is 10.0 Å². The fourth-order valence-electron chi connectivity index (χ4n) is 2.69. The van der Waals surface area contributed by atoms with Crippen molar-refractivity contribution in [2.45, 2.75) is 32.6 Å². The maximum absolute atomic E-state index is 12.4. The highest BCUT2D eigenvalue weighted by Crippen LogP contribution is 2.30. The Morgan fingerprint density at radius 2 is 1.96 bits per heavy atom. The summed E-state index contributed by atoms with van der Waals surface area (Å²) in [5.41, 5.74) is 0.479. The first-order valence-electron chi connectivity index (χ1n) is 8.08. The molecule has 5 nitrogen and oxygen atoms in total. The minimum Gasteiger partial charge on any atom is -0.324 e. The second-order valence-electron chi connectivity index (χ2n) is 5.93. The molecular formula is C16H22Cl2N2O3S. The molecule has 1 aliphatic heterocycles. The first-order valence-corrected chi connectivity index (χ1v) is 10.4. The lowest BCUT2D eigenvalue weighted by Crippen LogP contribution is -2.42. The molecule has 1 aliphatic rings. The molecule has 1 fully saturated rings. The Bertz CT molecular complexity index is 687. The minimum atomic E-state index is -3.20. The molecular weight excluding hydrogens is 371 g/mol. The Morgan fingerprint density at radius 3 is 2.58 bits per heavy atom. The third-order valence-electron chi connectivity index (χ3n) is 4.18. The molecule has 2 rings (SSSR count). The van der Waals surface area contributed by atoms with Gasteiger partial charge in [0.2, 0.25) is 15.9 Å². The standard InChI is InChI=1S/C16H22Cl2N2O3S/c1-2-3-11-24(22,23)20-9-7-12(8-10-20)16(21)19-14-6-4-5-13(17)15(14)18/h4-6,12H,2-3,7-11H2,1H3,(H,19,21). The Morgan fingerprint density at radius 1 is 1.29 bits per heavy atom. The number of carbonyl (C=O) groups excluding carboxylic acids is 1. The van der Waals surface area contributed by atoms with Crippen LogP contribution in [0.4, 0.5) is 5.69 Å². The summed E-state index contributed by atoms with van der Waals surface area (Å²) in [7, 11) is -3.20. The summed E-state index contributed by atoms with van der Waals surface area (Å²) in [5.74, 6) is -0.194. The fourth-order valence-corrected chi connectivity index (χ4v) is 4.71. The zero-order chi connectivity index (χ0) is 17.7. The van der Waals surface area contributed by atoms with Crippen molar-refractivity contribution in [2.24, 2.45) is 5.92 Å². The first-order chi connectivity index (χ1) is 11.3. The van der Waals surface area contributed by atoms with Crippen LogP contribution in [0.5, 0.6) is 0 Å². The van der Waals surface area contributed by atoms with Gasteiger partial charge in [0.1, 0.15) is 0 Å². The number of nitrogens with one attached hydrogen (secondary N) is 1. The molecule has 1 saturated heterocycles. The summed E-state index contributed by atoms with van der Waals surface area (Å²) >= 11 is 12.0. The summed E-state index contributed by atoms with van der Waals surface area (Å²) in [4.78, 5) is 12.4. The molecule has 0 radical (unpaired) electrons. The molecule has 1 N–H and O–H groups in total. The zero-order valence-corrected chi connectivity index (χ0v) is 15.9. The largest absolute Gasteiger partial charge is 0.324 e. The van der Waals surface area contributed by atoms with E-state index in [1.54, 1.807) is 18.2 Å². The Hall–Kier alpha value is -0.820. The van der Waals surface area contributed by atoms with Crippen molar-refractivity contribution >= 4 is 44.8 Å². The van der Waals surface area contributed by atoms with Gasteiger partial charge in [0.05, 0.1) is 21.5 Å². The number of amides is 1. The van der Waals surface area contributed by atoms with E-state index in [1.165, 1.54) is 4.31 Å². The molecule has 1 aromatic carbocycles. The molecule has 1 amide bonds. The van der Waals surface area contributed by atoms with E-state index < -0.39 is 10.0 Å². The maximum Gasteiger partial charge on any atom is 0.227 e. The molecule has 1 aromatic rings. The van der Waals surface area contributed by atoms with Gasteiger partial charge in [-0.3, -0.25) is 4.79 Å². The van der Waals surface area contributed by atoms with Gasteiger partial charge in [0, 0.05) is 19.0 Å². The average molecular weight is 393 g/mol. The number of nitrogens with zero attached hydrogens (tertiary/aromatic N) is 1. The van der Waals surface area contributed by atoms with Gasteiger partial charge in [-0.05, 0) is 31.4 Å². The summed E-state index contributed by atoms with van der Waals surface area (Å²) < 4.78 is 25.9. The van der Waals surface area contributed by atoms with Gasteiger partial charge in [-0.2, -0.15) is 0 Å². The van der Waals surface area contributed by atoms with E-state index in [9.17, 15) is 13.2 Å². The smallest absolute Gasteiger partial charge is 0.227 e. The summed E-state index contributed by atoms with van der Waals surface area (Å²) in [5, 5.41) is 3.48. The zero-order valence-electron chi connectivity index (χ0n) is 13.6. The maximum atomic E-state index is 12.4. The quantitative estimate of drug-likeness (QED) is 0.800. The van der Waals surface area contributed by atoms with Crippen LogP contribution in [0.15, 0.2) is 18.2 Å². The van der Waals surface area contributed by atoms with E-state index in [-0.39, 0.29) is 17.6 Å². The Kier molecular flexibility index (Phi) is 6.92. The molecule has 1 heterocycles. The van der Waals surface area contributed by atoms with Crippen molar-refractivity contribution in [3.05, 3.63) is 28.2 Å². The van der Waals surface area contributed by atoms with E-state index in [0.717, 1.165) is 6.42 Å². The molecule has 0 bridgehead atoms. The van der Waals surface area contributed by atoms with Crippen LogP contribution < -0.4 is 5.32 Å². The second kappa shape index (κ2) is 8.52. The highest BCUT2D eigenvalue weighted by molar-refractivity contribution is 7.89. The van der Waals surface area contributed by atoms with E-state index in [1.807, 2.05) is 6.92 Å². The number of hydrogen-bond acceptors (Lipinski definition) is 3. The summed E-state index contributed by atoms with van der Waals surface area (Å²) in [6, 6.07) is 5.06. The molecule has 0 spiro atoms. The van der Waals surface area contributed by atoms with E-state index in [4.69, 9.17) is 23.2 Å². The van der Waals surface area contributed by atoms with Crippen molar-refractivity contribution in [1.82, 2.24) is 4.31 Å². The van der Waals surface area contributed by atoms with Gasteiger partial charge in [-0.1, -0.05) is 42.6 Å². The van der Waals surface area contributed by atoms with Gasteiger partial charge < -0.3 is 5.32 Å². The topological polar surface area (TPSA) is 66.5 Å². The molecule has 0 atom stereocenters. The number of benzene rings is 1. The average Bonchev–Trinajstić information content (AvgIpc) is 2.57. The van der Waals surface area contributed by atoms with Crippen LogP contribution in [-0.4, -0.2) is 37.5 Å². The molecule has 0 saturated carbocycles. The number of sulfonamides is 1. The lowest BCUT2D eigenvalue weighted by atomic mass is 9.97. The van der Waals surface area contributed by atoms with E-state index >= 15 is 0 Å². The van der Waals surface area contributed by atoms with Crippen molar-refractivity contribution < 1.29 is 13.2 Å². The lowest BCUT2D eigenvalue weighted by molar-refractivity contribution is -0.120. The normalized spacial score (nSPS) is 17.0. The lowest BCUT2D eigenvalue weighted by Gasteiger charge is -2.30. The first kappa shape index (κ1) is 19.5. The Labute approximate surface area is 153 Å². The van der Waals surface area contributed by atoms with Gasteiger partial charge in [-0.25, -0.2) is 12.7 Å². The van der Waals surface area contributed by atoms with Crippen LogP contribution in [0, 0.1) is 5.92 Å². The molecule has 134 valence electrons. The Balaban J connectivity index is 1.92. The van der Waals surface area contributed by atoms with Gasteiger partial charge in [0.15, 0.2) is 0 Å². The third-order valence-corrected chi connectivity index (χ3v) is 6.96. The van der Waals surface area contributed by atoms with Crippen LogP contribution in [0.3, 0.4) is 0 Å². The second-order valence-corrected chi connectivity index (χ2v) is 8.81. The molecule has 0 unspecified atom stereocenters. The monoisotopic (exact) mass is 392 g/mol. The predicted molar refractivity (Wildman–Crippen MR) is 98.1 cm³/mol. The number of rotatable bonds is 6. The number of halogens is 2. The molecule has 8 heteroatoms. The minimum absolute atomic E-state index is 0.148. The fraction of sp³-hybridized carbons (Fsp3) is 0.562. The number of unbranched alkanes of at least 4 members (excludes halogenated alkanes) is 1. The molecule has 24 heavy (non-hydrogen) atoms. The van der Waals surface area contributed by atoms with Gasteiger partial charge in [-0.15, -0.1) is 0 Å². The van der Waals surface area contributed by atoms with Crippen LogP contribution in [0.1, 0.15) is 32.6 Å². The van der Waals surface area contributed by atoms with E-state index in [2.05, 4.69) is 5.32 Å². The van der Waals surface area contributed by atoms with Crippen molar-refractivity contribution in [2.75, 3.05) is 24.2 Å². The van der Waals surface area contributed by atoms with Crippen LogP contribution in [0.25, 0.3) is 0 Å². The number of carbonyl (C=O) groups is 1. The van der Waals surface area contributed by atoms with Gasteiger partial charge >= 0.3 is 0 Å². The highest BCUT2D eigenvalue weighted by Gasteiger charge is 2.30. The van der Waals surface area contributed by atoms with Gasteiger partial charge in [0.25, 0.3) is 0 Å². The third kappa shape index (κ3) is 4.85. The van der Waals surface area contributed by atoms with Crippen LogP contribution in [-0.2, 0) is 14.8 Å². The number of anilines is 1. The number of hydrogen-bond donors (Lipinski definition) is 1. The molecule has 0 aliphatic carbocycles.